The third kappa shape index (κ3) is 4.11. The Kier molecular flexibility index (Phi) is 5.25. The number of nitrogens with one attached hydrogen (secondary N) is 2. The normalized spacial score (nSPS) is 19.8. The molecule has 1 fully saturated rings. The standard InChI is InChI=1S/C14H20BrN3O2/c1-10(19)8-16-14(20)17-11-6-7-18(9-11)13-5-3-2-4-12(13)15/h2-5,10-11,19H,6-9H2,1H3,(H2,16,17,20)/t10-,11-/m1/s1. The summed E-state index contributed by atoms with van der Waals surface area (Å²) in [5, 5.41) is 14.7. The van der Waals surface area contributed by atoms with Crippen molar-refractivity contribution in [2.75, 3.05) is 24.5 Å². The van der Waals surface area contributed by atoms with E-state index in [-0.39, 0.29) is 18.6 Å². The minimum atomic E-state index is -0.527. The Morgan fingerprint density at radius 2 is 2.30 bits per heavy atom. The highest BCUT2D eigenvalue weighted by molar-refractivity contribution is 9.10. The van der Waals surface area contributed by atoms with Crippen LogP contribution in [0.4, 0.5) is 10.5 Å². The number of para-hydroxylation sites is 1. The zero-order valence-corrected chi connectivity index (χ0v) is 13.1. The van der Waals surface area contributed by atoms with Crippen LogP contribution in [-0.4, -0.2) is 42.9 Å². The van der Waals surface area contributed by atoms with E-state index in [1.807, 2.05) is 18.2 Å². The van der Waals surface area contributed by atoms with Gasteiger partial charge in [-0.3, -0.25) is 0 Å². The monoisotopic (exact) mass is 341 g/mol. The Labute approximate surface area is 127 Å². The highest BCUT2D eigenvalue weighted by Crippen LogP contribution is 2.28. The van der Waals surface area contributed by atoms with Gasteiger partial charge in [-0.05, 0) is 41.4 Å². The molecule has 0 unspecified atom stereocenters. The molecule has 0 spiro atoms. The molecular weight excluding hydrogens is 322 g/mol. The fourth-order valence-electron chi connectivity index (χ4n) is 2.28. The molecule has 2 rings (SSSR count). The molecule has 1 aromatic carbocycles. The minimum Gasteiger partial charge on any atom is -0.392 e. The van der Waals surface area contributed by atoms with Gasteiger partial charge in [0.15, 0.2) is 0 Å². The maximum Gasteiger partial charge on any atom is 0.315 e. The summed E-state index contributed by atoms with van der Waals surface area (Å²) >= 11 is 3.55. The quantitative estimate of drug-likeness (QED) is 0.781. The molecule has 5 nitrogen and oxygen atoms in total. The Morgan fingerprint density at radius 1 is 1.55 bits per heavy atom. The van der Waals surface area contributed by atoms with Crippen molar-refractivity contribution in [3.05, 3.63) is 28.7 Å². The average Bonchev–Trinajstić information content (AvgIpc) is 2.85. The van der Waals surface area contributed by atoms with Crippen LogP contribution < -0.4 is 15.5 Å². The predicted octanol–water partition coefficient (Wildman–Crippen LogP) is 1.71. The fraction of sp³-hybridized carbons (Fsp3) is 0.500. The number of amides is 2. The summed E-state index contributed by atoms with van der Waals surface area (Å²) in [6, 6.07) is 8.01. The molecule has 20 heavy (non-hydrogen) atoms. The number of carbonyl (C=O) groups is 1. The summed E-state index contributed by atoms with van der Waals surface area (Å²) < 4.78 is 1.07. The van der Waals surface area contributed by atoms with Gasteiger partial charge in [0.05, 0.1) is 11.8 Å². The second kappa shape index (κ2) is 6.95. The lowest BCUT2D eigenvalue weighted by Gasteiger charge is -2.20. The number of rotatable bonds is 4. The molecule has 2 amide bonds. The molecule has 0 saturated carbocycles. The number of hydrogen-bond acceptors (Lipinski definition) is 3. The Balaban J connectivity index is 1.84. The van der Waals surface area contributed by atoms with Crippen LogP contribution in [0.1, 0.15) is 13.3 Å². The predicted molar refractivity (Wildman–Crippen MR) is 83.0 cm³/mol. The Hall–Kier alpha value is -1.27. The topological polar surface area (TPSA) is 64.6 Å². The number of nitrogens with zero attached hydrogens (tertiary/aromatic N) is 1. The van der Waals surface area contributed by atoms with Crippen molar-refractivity contribution in [3.63, 3.8) is 0 Å². The number of carbonyl (C=O) groups excluding carboxylic acids is 1. The van der Waals surface area contributed by atoms with E-state index in [2.05, 4.69) is 37.5 Å². The maximum absolute atomic E-state index is 11.7. The van der Waals surface area contributed by atoms with Crippen molar-refractivity contribution >= 4 is 27.6 Å². The number of anilines is 1. The molecule has 1 aliphatic heterocycles. The first-order chi connectivity index (χ1) is 9.56. The molecule has 0 bridgehead atoms. The molecule has 110 valence electrons. The second-order valence-corrected chi connectivity index (χ2v) is 5.94. The number of hydrogen-bond donors (Lipinski definition) is 3. The first-order valence-electron chi connectivity index (χ1n) is 6.78. The van der Waals surface area contributed by atoms with E-state index in [1.165, 1.54) is 0 Å². The summed E-state index contributed by atoms with van der Waals surface area (Å²) in [6.45, 7) is 3.63. The maximum atomic E-state index is 11.7. The van der Waals surface area contributed by atoms with Crippen molar-refractivity contribution in [1.29, 1.82) is 0 Å². The van der Waals surface area contributed by atoms with E-state index in [0.717, 1.165) is 29.7 Å². The lowest BCUT2D eigenvalue weighted by molar-refractivity contribution is 0.187. The molecule has 1 aromatic rings. The van der Waals surface area contributed by atoms with Gasteiger partial charge in [0.2, 0.25) is 0 Å². The molecule has 3 N–H and O–H groups in total. The van der Waals surface area contributed by atoms with Crippen molar-refractivity contribution in [2.45, 2.75) is 25.5 Å². The average molecular weight is 342 g/mol. The van der Waals surface area contributed by atoms with E-state index in [0.29, 0.717) is 0 Å². The van der Waals surface area contributed by atoms with Gasteiger partial charge in [-0.2, -0.15) is 0 Å². The van der Waals surface area contributed by atoms with Crippen LogP contribution in [0.3, 0.4) is 0 Å². The van der Waals surface area contributed by atoms with Crippen LogP contribution in [-0.2, 0) is 0 Å². The summed E-state index contributed by atoms with van der Waals surface area (Å²) in [5.74, 6) is 0. The number of aliphatic hydroxyl groups is 1. The van der Waals surface area contributed by atoms with E-state index in [9.17, 15) is 4.79 Å². The van der Waals surface area contributed by atoms with Gasteiger partial charge < -0.3 is 20.6 Å². The van der Waals surface area contributed by atoms with E-state index in [1.54, 1.807) is 6.92 Å². The van der Waals surface area contributed by atoms with Crippen LogP contribution in [0.5, 0.6) is 0 Å². The highest BCUT2D eigenvalue weighted by Gasteiger charge is 2.24. The van der Waals surface area contributed by atoms with Gasteiger partial charge in [-0.1, -0.05) is 12.1 Å². The molecule has 1 aliphatic rings. The van der Waals surface area contributed by atoms with Crippen LogP contribution in [0, 0.1) is 0 Å². The van der Waals surface area contributed by atoms with Crippen LogP contribution in [0.2, 0.25) is 0 Å². The second-order valence-electron chi connectivity index (χ2n) is 5.09. The summed E-state index contributed by atoms with van der Waals surface area (Å²) in [6.07, 6.45) is 0.393. The summed E-state index contributed by atoms with van der Waals surface area (Å²) in [7, 11) is 0. The summed E-state index contributed by atoms with van der Waals surface area (Å²) in [5.41, 5.74) is 1.15. The number of halogens is 1. The van der Waals surface area contributed by atoms with Crippen LogP contribution in [0.25, 0.3) is 0 Å². The first-order valence-corrected chi connectivity index (χ1v) is 7.57. The molecule has 0 aliphatic carbocycles. The number of benzene rings is 1. The number of aliphatic hydroxyl groups excluding tert-OH is 1. The van der Waals surface area contributed by atoms with Gasteiger partial charge >= 0.3 is 6.03 Å². The fourth-order valence-corrected chi connectivity index (χ4v) is 2.82. The molecule has 0 aromatic heterocycles. The SMILES string of the molecule is C[C@@H](O)CNC(=O)N[C@@H]1CCN(c2ccccc2Br)C1. The molecule has 0 radical (unpaired) electrons. The third-order valence-electron chi connectivity index (χ3n) is 3.27. The van der Waals surface area contributed by atoms with Gasteiger partial charge in [0.25, 0.3) is 0 Å². The van der Waals surface area contributed by atoms with Gasteiger partial charge in [-0.25, -0.2) is 4.79 Å². The molecule has 2 atom stereocenters. The minimum absolute atomic E-state index is 0.135. The van der Waals surface area contributed by atoms with Crippen molar-refractivity contribution < 1.29 is 9.90 Å². The zero-order valence-electron chi connectivity index (χ0n) is 11.5. The lowest BCUT2D eigenvalue weighted by atomic mass is 10.3. The number of urea groups is 1. The van der Waals surface area contributed by atoms with Crippen molar-refractivity contribution in [3.8, 4) is 0 Å². The smallest absolute Gasteiger partial charge is 0.315 e. The van der Waals surface area contributed by atoms with E-state index >= 15 is 0 Å². The lowest BCUT2D eigenvalue weighted by Crippen LogP contribution is -2.45. The molecular formula is C14H20BrN3O2. The highest BCUT2D eigenvalue weighted by atomic mass is 79.9. The Morgan fingerprint density at radius 3 is 3.00 bits per heavy atom. The molecule has 1 heterocycles. The van der Waals surface area contributed by atoms with E-state index < -0.39 is 6.10 Å². The van der Waals surface area contributed by atoms with E-state index in [4.69, 9.17) is 5.11 Å². The third-order valence-corrected chi connectivity index (χ3v) is 3.95. The summed E-state index contributed by atoms with van der Waals surface area (Å²) in [4.78, 5) is 13.9. The Bertz CT molecular complexity index is 467. The largest absolute Gasteiger partial charge is 0.392 e. The van der Waals surface area contributed by atoms with Crippen LogP contribution >= 0.6 is 15.9 Å². The zero-order chi connectivity index (χ0) is 14.5. The molecule has 6 heteroatoms. The van der Waals surface area contributed by atoms with Crippen molar-refractivity contribution in [2.24, 2.45) is 0 Å². The van der Waals surface area contributed by atoms with Gasteiger partial charge in [-0.15, -0.1) is 0 Å². The first kappa shape index (κ1) is 15.1. The van der Waals surface area contributed by atoms with Crippen molar-refractivity contribution in [1.82, 2.24) is 10.6 Å². The van der Waals surface area contributed by atoms with Crippen LogP contribution in [0.15, 0.2) is 28.7 Å². The van der Waals surface area contributed by atoms with Gasteiger partial charge in [0, 0.05) is 30.1 Å². The van der Waals surface area contributed by atoms with Gasteiger partial charge in [0.1, 0.15) is 0 Å². The molecule has 1 saturated heterocycles.